The van der Waals surface area contributed by atoms with E-state index in [-0.39, 0.29) is 5.56 Å². The van der Waals surface area contributed by atoms with Crippen molar-refractivity contribution in [3.8, 4) is 17.1 Å². The van der Waals surface area contributed by atoms with Crippen LogP contribution in [0.4, 0.5) is 0 Å². The largest absolute Gasteiger partial charge is 0.497 e. The molecular weight excluding hydrogens is 334 g/mol. The lowest BCUT2D eigenvalue weighted by Crippen LogP contribution is -2.23. The number of aryl methyl sites for hydroxylation is 1. The van der Waals surface area contributed by atoms with Gasteiger partial charge in [0.2, 0.25) is 4.96 Å². The Bertz CT molecular complexity index is 1140. The number of nitrogens with zero attached hydrogens (tertiary/aromatic N) is 3. The van der Waals surface area contributed by atoms with E-state index in [4.69, 9.17) is 4.74 Å². The van der Waals surface area contributed by atoms with Crippen molar-refractivity contribution < 1.29 is 4.74 Å². The zero-order valence-electron chi connectivity index (χ0n) is 13.8. The Morgan fingerprint density at radius 1 is 1.08 bits per heavy atom. The molecule has 0 aliphatic carbocycles. The Morgan fingerprint density at radius 3 is 2.44 bits per heavy atom. The first-order chi connectivity index (χ1) is 12.1. The molecule has 124 valence electrons. The molecule has 0 unspecified atom stereocenters. The minimum absolute atomic E-state index is 0.151. The highest BCUT2D eigenvalue weighted by molar-refractivity contribution is 7.15. The van der Waals surface area contributed by atoms with Gasteiger partial charge in [-0.15, -0.1) is 5.10 Å². The Balaban J connectivity index is 1.76. The van der Waals surface area contributed by atoms with Gasteiger partial charge in [0.1, 0.15) is 5.75 Å². The van der Waals surface area contributed by atoms with Gasteiger partial charge in [-0.1, -0.05) is 53.3 Å². The van der Waals surface area contributed by atoms with Gasteiger partial charge in [0.15, 0.2) is 5.82 Å². The lowest BCUT2D eigenvalue weighted by Gasteiger charge is -1.98. The van der Waals surface area contributed by atoms with Gasteiger partial charge < -0.3 is 4.74 Å². The third-order valence-electron chi connectivity index (χ3n) is 3.91. The number of hydrogen-bond donors (Lipinski definition) is 0. The van der Waals surface area contributed by atoms with Gasteiger partial charge in [-0.05, 0) is 30.7 Å². The predicted octanol–water partition coefficient (Wildman–Crippen LogP) is 2.68. The van der Waals surface area contributed by atoms with Crippen LogP contribution < -0.4 is 14.8 Å². The summed E-state index contributed by atoms with van der Waals surface area (Å²) in [5.74, 6) is 1.35. The molecule has 0 saturated heterocycles. The summed E-state index contributed by atoms with van der Waals surface area (Å²) < 4.78 is 7.12. The van der Waals surface area contributed by atoms with Gasteiger partial charge in [-0.3, -0.25) is 4.79 Å². The Hall–Kier alpha value is -2.99. The molecule has 0 N–H and O–H groups in total. The fourth-order valence-electron chi connectivity index (χ4n) is 2.51. The van der Waals surface area contributed by atoms with E-state index in [1.165, 1.54) is 21.4 Å². The zero-order valence-corrected chi connectivity index (χ0v) is 14.6. The molecule has 0 fully saturated rings. The van der Waals surface area contributed by atoms with E-state index in [9.17, 15) is 4.79 Å². The topological polar surface area (TPSA) is 56.5 Å². The van der Waals surface area contributed by atoms with E-state index in [0.717, 1.165) is 16.9 Å². The lowest BCUT2D eigenvalue weighted by atomic mass is 10.1. The van der Waals surface area contributed by atoms with Crippen LogP contribution >= 0.6 is 11.3 Å². The van der Waals surface area contributed by atoms with Crippen LogP contribution in [0, 0.1) is 6.92 Å². The van der Waals surface area contributed by atoms with Crippen LogP contribution in [0.1, 0.15) is 11.1 Å². The smallest absolute Gasteiger partial charge is 0.291 e. The average molecular weight is 349 g/mol. The number of aromatic nitrogens is 3. The Kier molecular flexibility index (Phi) is 3.82. The molecule has 4 aromatic rings. The van der Waals surface area contributed by atoms with Crippen molar-refractivity contribution in [1.82, 2.24) is 14.6 Å². The summed E-state index contributed by atoms with van der Waals surface area (Å²) in [6, 6.07) is 15.5. The molecular formula is C19H15N3O2S. The second kappa shape index (κ2) is 6.14. The van der Waals surface area contributed by atoms with Crippen LogP contribution in [0.2, 0.25) is 0 Å². The second-order valence-corrected chi connectivity index (χ2v) is 6.69. The van der Waals surface area contributed by atoms with Crippen molar-refractivity contribution >= 4 is 22.4 Å². The molecule has 2 heterocycles. The average Bonchev–Trinajstić information content (AvgIpc) is 3.16. The van der Waals surface area contributed by atoms with Gasteiger partial charge in [0, 0.05) is 5.56 Å². The van der Waals surface area contributed by atoms with Crippen molar-refractivity contribution in [3.05, 3.63) is 74.5 Å². The van der Waals surface area contributed by atoms with E-state index in [0.29, 0.717) is 15.3 Å². The lowest BCUT2D eigenvalue weighted by molar-refractivity contribution is 0.415. The zero-order chi connectivity index (χ0) is 17.4. The SMILES string of the molecule is COc1ccc(/C=c2/sc3nc(-c4ccc(C)cc4)nn3c2=O)cc1. The summed E-state index contributed by atoms with van der Waals surface area (Å²) in [6.45, 7) is 2.03. The molecule has 0 spiro atoms. The monoisotopic (exact) mass is 349 g/mol. The van der Waals surface area contributed by atoms with E-state index in [1.54, 1.807) is 7.11 Å². The molecule has 0 saturated carbocycles. The first-order valence-electron chi connectivity index (χ1n) is 7.76. The van der Waals surface area contributed by atoms with Crippen molar-refractivity contribution in [1.29, 1.82) is 0 Å². The van der Waals surface area contributed by atoms with E-state index in [1.807, 2.05) is 61.5 Å². The number of methoxy groups -OCH3 is 1. The minimum atomic E-state index is -0.151. The van der Waals surface area contributed by atoms with Crippen molar-refractivity contribution in [2.75, 3.05) is 7.11 Å². The summed E-state index contributed by atoms with van der Waals surface area (Å²) in [6.07, 6.45) is 1.84. The first kappa shape index (κ1) is 15.5. The highest BCUT2D eigenvalue weighted by Gasteiger charge is 2.11. The molecule has 4 rings (SSSR count). The fourth-order valence-corrected chi connectivity index (χ4v) is 3.42. The van der Waals surface area contributed by atoms with Crippen molar-refractivity contribution in [2.45, 2.75) is 6.92 Å². The van der Waals surface area contributed by atoms with E-state index < -0.39 is 0 Å². The van der Waals surface area contributed by atoms with Crippen LogP contribution in [0.15, 0.2) is 53.3 Å². The van der Waals surface area contributed by atoms with Gasteiger partial charge in [0.25, 0.3) is 5.56 Å². The number of benzene rings is 2. The molecule has 6 heteroatoms. The Labute approximate surface area is 147 Å². The standard InChI is InChI=1S/C19H15N3O2S/c1-12-3-7-14(8-4-12)17-20-19-22(21-17)18(23)16(25-19)11-13-5-9-15(24-2)10-6-13/h3-11H,1-2H3/b16-11+. The maximum absolute atomic E-state index is 12.6. The maximum atomic E-state index is 12.6. The summed E-state index contributed by atoms with van der Waals surface area (Å²) in [4.78, 5) is 17.7. The van der Waals surface area contributed by atoms with Crippen LogP contribution in [-0.2, 0) is 0 Å². The number of fused-ring (bicyclic) bond motifs is 1. The fraction of sp³-hybridized carbons (Fsp3) is 0.105. The van der Waals surface area contributed by atoms with Crippen LogP contribution in [-0.4, -0.2) is 21.7 Å². The molecule has 0 aliphatic rings. The van der Waals surface area contributed by atoms with Gasteiger partial charge in [0.05, 0.1) is 11.6 Å². The summed E-state index contributed by atoms with van der Waals surface area (Å²) in [5.41, 5.74) is 2.86. The summed E-state index contributed by atoms with van der Waals surface area (Å²) >= 11 is 1.34. The van der Waals surface area contributed by atoms with E-state index in [2.05, 4.69) is 10.1 Å². The normalized spacial score (nSPS) is 12.0. The molecule has 2 aromatic carbocycles. The Morgan fingerprint density at radius 2 is 1.80 bits per heavy atom. The maximum Gasteiger partial charge on any atom is 0.291 e. The second-order valence-electron chi connectivity index (χ2n) is 5.68. The van der Waals surface area contributed by atoms with Crippen LogP contribution in [0.3, 0.4) is 0 Å². The quantitative estimate of drug-likeness (QED) is 0.571. The molecule has 0 bridgehead atoms. The number of hydrogen-bond acceptors (Lipinski definition) is 5. The number of thiazole rings is 1. The molecule has 0 aliphatic heterocycles. The van der Waals surface area contributed by atoms with Gasteiger partial charge >= 0.3 is 0 Å². The minimum Gasteiger partial charge on any atom is -0.497 e. The van der Waals surface area contributed by atoms with Crippen molar-refractivity contribution in [2.24, 2.45) is 0 Å². The van der Waals surface area contributed by atoms with Crippen LogP contribution in [0.5, 0.6) is 5.75 Å². The van der Waals surface area contributed by atoms with Crippen LogP contribution in [0.25, 0.3) is 22.4 Å². The van der Waals surface area contributed by atoms with Gasteiger partial charge in [-0.2, -0.15) is 9.50 Å². The predicted molar refractivity (Wildman–Crippen MR) is 99.1 cm³/mol. The third kappa shape index (κ3) is 2.92. The van der Waals surface area contributed by atoms with Crippen molar-refractivity contribution in [3.63, 3.8) is 0 Å². The summed E-state index contributed by atoms with van der Waals surface area (Å²) in [7, 11) is 1.63. The highest BCUT2D eigenvalue weighted by Crippen LogP contribution is 2.17. The number of ether oxygens (including phenoxy) is 1. The molecule has 25 heavy (non-hydrogen) atoms. The molecule has 5 nitrogen and oxygen atoms in total. The first-order valence-corrected chi connectivity index (χ1v) is 8.58. The molecule has 0 amide bonds. The van der Waals surface area contributed by atoms with E-state index >= 15 is 0 Å². The highest BCUT2D eigenvalue weighted by atomic mass is 32.1. The number of rotatable bonds is 3. The third-order valence-corrected chi connectivity index (χ3v) is 4.86. The molecule has 0 radical (unpaired) electrons. The molecule has 2 aromatic heterocycles. The summed E-state index contributed by atoms with van der Waals surface area (Å²) in [5, 5.41) is 4.37. The molecule has 0 atom stereocenters. The van der Waals surface area contributed by atoms with Gasteiger partial charge in [-0.25, -0.2) is 0 Å².